The van der Waals surface area contributed by atoms with Crippen LogP contribution in [0.1, 0.15) is 51.9 Å². The van der Waals surface area contributed by atoms with Gasteiger partial charge in [-0.3, -0.25) is 0 Å². The van der Waals surface area contributed by atoms with E-state index in [1.165, 1.54) is 38.5 Å². The van der Waals surface area contributed by atoms with E-state index in [1.54, 1.807) is 0 Å². The van der Waals surface area contributed by atoms with Crippen molar-refractivity contribution in [2.24, 2.45) is 0 Å². The van der Waals surface area contributed by atoms with Gasteiger partial charge in [-0.15, -0.1) is 0 Å². The molecule has 0 aromatic heterocycles. The van der Waals surface area contributed by atoms with Gasteiger partial charge in [0.25, 0.3) is 0 Å². The molecule has 0 amide bonds. The molecular weight excluding hydrogens is 115 g/mol. The summed E-state index contributed by atoms with van der Waals surface area (Å²) in [5.41, 5.74) is 0. The van der Waals surface area contributed by atoms with Gasteiger partial charge in [0.05, 0.1) is 0 Å². The molecule has 0 rings (SSSR count). The van der Waals surface area contributed by atoms with Crippen LogP contribution in [-0.2, 0) is 0 Å². The van der Waals surface area contributed by atoms with E-state index in [2.05, 4.69) is 13.8 Å². The maximum atomic E-state index is 3.80. The summed E-state index contributed by atoms with van der Waals surface area (Å²) in [7, 11) is 0. The van der Waals surface area contributed by atoms with Crippen LogP contribution in [-0.4, -0.2) is 0 Å². The average molecular weight is 134 g/mol. The Kier molecular flexibility index (Phi) is 16.2. The van der Waals surface area contributed by atoms with Crippen LogP contribution in [0.4, 0.5) is 0 Å². The van der Waals surface area contributed by atoms with Crippen molar-refractivity contribution in [2.75, 3.05) is 0 Å². The smallest absolute Gasteiger partial charge is 0.343 e. The van der Waals surface area contributed by atoms with E-state index in [4.69, 9.17) is 0 Å². The van der Waals surface area contributed by atoms with Gasteiger partial charge in [0.1, 0.15) is 0 Å². The second-order valence-electron chi connectivity index (χ2n) is 2.62. The summed E-state index contributed by atoms with van der Waals surface area (Å²) in [6.07, 6.45) is 9.45. The fourth-order valence-corrected chi connectivity index (χ4v) is 0.957. The minimum atomic E-state index is 0. The Morgan fingerprint density at radius 2 is 1.40 bits per heavy atom. The van der Waals surface area contributed by atoms with Crippen molar-refractivity contribution in [1.82, 2.24) is 0 Å². The van der Waals surface area contributed by atoms with E-state index in [0.29, 0.717) is 0 Å². The topological polar surface area (TPSA) is 0 Å². The summed E-state index contributed by atoms with van der Waals surface area (Å²) in [5.74, 6) is 0. The molecule has 0 nitrogen and oxygen atoms in total. The first kappa shape index (κ1) is 13.2. The largest absolute Gasteiger partial charge is 1.00 e. The van der Waals surface area contributed by atoms with Gasteiger partial charge in [0.15, 0.2) is 0 Å². The summed E-state index contributed by atoms with van der Waals surface area (Å²) in [5, 5.41) is 0. The van der Waals surface area contributed by atoms with Gasteiger partial charge in [-0.05, 0) is 0 Å². The van der Waals surface area contributed by atoms with Crippen molar-refractivity contribution in [1.29, 1.82) is 0 Å². The quantitative estimate of drug-likeness (QED) is 0.283. The Balaban J connectivity index is 0. The molecule has 0 aliphatic carbocycles. The fraction of sp³-hybridized carbons (Fsp3) is 0.889. The van der Waals surface area contributed by atoms with Crippen molar-refractivity contribution in [3.63, 3.8) is 0 Å². The average Bonchev–Trinajstić information content (AvgIpc) is 1.89. The fourth-order valence-electron chi connectivity index (χ4n) is 0.957. The summed E-state index contributed by atoms with van der Waals surface area (Å²) in [6, 6.07) is 0. The summed E-state index contributed by atoms with van der Waals surface area (Å²) < 4.78 is 0. The molecule has 1 heteroatoms. The van der Waals surface area contributed by atoms with Crippen LogP contribution in [0.5, 0.6) is 0 Å². The second-order valence-corrected chi connectivity index (χ2v) is 2.62. The number of rotatable bonds is 6. The zero-order chi connectivity index (χ0) is 6.95. The molecule has 0 fully saturated rings. The molecule has 0 saturated heterocycles. The van der Waals surface area contributed by atoms with Crippen molar-refractivity contribution >= 4 is 0 Å². The van der Waals surface area contributed by atoms with Crippen LogP contribution < -0.4 is 18.9 Å². The van der Waals surface area contributed by atoms with Crippen LogP contribution >= 0.6 is 0 Å². The third kappa shape index (κ3) is 11.4. The van der Waals surface area contributed by atoms with Crippen LogP contribution in [0.2, 0.25) is 0 Å². The van der Waals surface area contributed by atoms with Crippen molar-refractivity contribution < 1.29 is 18.9 Å². The second kappa shape index (κ2) is 12.3. The molecule has 0 aromatic carbocycles. The molecular formula is C9H19Li. The molecule has 10 heavy (non-hydrogen) atoms. The first-order chi connectivity index (χ1) is 4.41. The Bertz CT molecular complexity index is 38.0. The zero-order valence-corrected chi connectivity index (χ0v) is 7.66. The molecule has 0 radical (unpaired) electrons. The van der Waals surface area contributed by atoms with Gasteiger partial charge in [0.2, 0.25) is 0 Å². The normalized spacial score (nSPS) is 9.00. The van der Waals surface area contributed by atoms with Crippen molar-refractivity contribution in [3.05, 3.63) is 6.92 Å². The van der Waals surface area contributed by atoms with E-state index >= 15 is 0 Å². The van der Waals surface area contributed by atoms with Gasteiger partial charge < -0.3 is 6.92 Å². The standard InChI is InChI=1S/C9H19.Li/c1-3-5-7-9-8-6-4-2;/h1,3-9H2,2H3;/q-1;+1. The Labute approximate surface area is 78.0 Å². The zero-order valence-electron chi connectivity index (χ0n) is 7.66. The van der Waals surface area contributed by atoms with Crippen molar-refractivity contribution in [3.8, 4) is 0 Å². The minimum Gasteiger partial charge on any atom is -0.343 e. The molecule has 0 atom stereocenters. The van der Waals surface area contributed by atoms with Crippen LogP contribution in [0.3, 0.4) is 0 Å². The monoisotopic (exact) mass is 134 g/mol. The molecule has 0 unspecified atom stereocenters. The van der Waals surface area contributed by atoms with Crippen LogP contribution in [0.15, 0.2) is 0 Å². The van der Waals surface area contributed by atoms with E-state index in [0.717, 1.165) is 6.42 Å². The molecule has 0 aromatic rings. The van der Waals surface area contributed by atoms with Gasteiger partial charge >= 0.3 is 18.9 Å². The minimum absolute atomic E-state index is 0. The Hall–Kier alpha value is 0.597. The van der Waals surface area contributed by atoms with Crippen LogP contribution in [0, 0.1) is 6.92 Å². The molecule has 0 aliphatic heterocycles. The molecule has 0 N–H and O–H groups in total. The third-order valence-electron chi connectivity index (χ3n) is 1.60. The van der Waals surface area contributed by atoms with Gasteiger partial charge in [-0.2, -0.15) is 6.42 Å². The van der Waals surface area contributed by atoms with E-state index in [9.17, 15) is 0 Å². The summed E-state index contributed by atoms with van der Waals surface area (Å²) >= 11 is 0. The Morgan fingerprint density at radius 3 is 1.90 bits per heavy atom. The summed E-state index contributed by atoms with van der Waals surface area (Å²) in [4.78, 5) is 0. The first-order valence-corrected chi connectivity index (χ1v) is 4.21. The predicted molar refractivity (Wildman–Crippen MR) is 43.4 cm³/mol. The maximum Gasteiger partial charge on any atom is 1.00 e. The third-order valence-corrected chi connectivity index (χ3v) is 1.60. The van der Waals surface area contributed by atoms with E-state index in [1.807, 2.05) is 0 Å². The number of unbranched alkanes of at least 4 members (excludes halogenated alkanes) is 6. The molecule has 0 saturated carbocycles. The predicted octanol–water partition coefficient (Wildman–Crippen LogP) is 0.575. The molecule has 56 valence electrons. The van der Waals surface area contributed by atoms with Gasteiger partial charge in [-0.25, -0.2) is 0 Å². The van der Waals surface area contributed by atoms with Crippen molar-refractivity contribution in [2.45, 2.75) is 51.9 Å². The molecule has 0 spiro atoms. The molecule has 0 bridgehead atoms. The first-order valence-electron chi connectivity index (χ1n) is 4.21. The SMILES string of the molecule is [CH2-]CCCCCCCC.[Li+]. The number of hydrogen-bond acceptors (Lipinski definition) is 0. The molecule has 0 heterocycles. The number of hydrogen-bond donors (Lipinski definition) is 0. The Morgan fingerprint density at radius 1 is 0.900 bits per heavy atom. The van der Waals surface area contributed by atoms with Crippen LogP contribution in [0.25, 0.3) is 0 Å². The van der Waals surface area contributed by atoms with E-state index < -0.39 is 0 Å². The maximum absolute atomic E-state index is 3.80. The van der Waals surface area contributed by atoms with Gasteiger partial charge in [0, 0.05) is 0 Å². The van der Waals surface area contributed by atoms with E-state index in [-0.39, 0.29) is 18.9 Å². The molecule has 0 aliphatic rings. The van der Waals surface area contributed by atoms with Gasteiger partial charge in [-0.1, -0.05) is 45.4 Å². The summed E-state index contributed by atoms with van der Waals surface area (Å²) in [6.45, 7) is 6.05.